The van der Waals surface area contributed by atoms with Crippen molar-refractivity contribution in [2.45, 2.75) is 12.8 Å². The van der Waals surface area contributed by atoms with Crippen molar-refractivity contribution in [3.8, 4) is 5.88 Å². The van der Waals surface area contributed by atoms with Crippen LogP contribution in [0.2, 0.25) is 5.02 Å². The Balaban J connectivity index is 3.28. The van der Waals surface area contributed by atoms with Gasteiger partial charge in [0.05, 0.1) is 31.2 Å². The second-order valence-corrected chi connectivity index (χ2v) is 3.47. The monoisotopic (exact) mass is 265 g/mol. The van der Waals surface area contributed by atoms with Gasteiger partial charge < -0.3 is 9.47 Å². The SMILES string of the molecule is COC(=O)Cc1c(Cl)cnc(OC)c1C(F)F. The van der Waals surface area contributed by atoms with Gasteiger partial charge in [-0.05, 0) is 5.56 Å². The van der Waals surface area contributed by atoms with Gasteiger partial charge in [0, 0.05) is 6.20 Å². The van der Waals surface area contributed by atoms with Crippen molar-refractivity contribution in [3.63, 3.8) is 0 Å². The minimum absolute atomic E-state index is 0.0218. The maximum absolute atomic E-state index is 12.9. The lowest BCUT2D eigenvalue weighted by Gasteiger charge is -2.12. The molecular weight excluding hydrogens is 256 g/mol. The highest BCUT2D eigenvalue weighted by atomic mass is 35.5. The van der Waals surface area contributed by atoms with Crippen molar-refractivity contribution in [1.29, 1.82) is 0 Å². The predicted octanol–water partition coefficient (Wildman–Crippen LogP) is 2.40. The summed E-state index contributed by atoms with van der Waals surface area (Å²) < 4.78 is 34.9. The summed E-state index contributed by atoms with van der Waals surface area (Å²) >= 11 is 5.74. The molecule has 0 fully saturated rings. The third-order valence-corrected chi connectivity index (χ3v) is 2.43. The number of carbonyl (C=O) groups is 1. The Morgan fingerprint density at radius 3 is 2.65 bits per heavy atom. The van der Waals surface area contributed by atoms with E-state index in [4.69, 9.17) is 16.3 Å². The van der Waals surface area contributed by atoms with Crippen molar-refractivity contribution in [2.24, 2.45) is 0 Å². The summed E-state index contributed by atoms with van der Waals surface area (Å²) in [6.07, 6.45) is -2.03. The number of ether oxygens (including phenoxy) is 2. The number of rotatable bonds is 4. The normalized spacial score (nSPS) is 10.5. The van der Waals surface area contributed by atoms with Gasteiger partial charge >= 0.3 is 5.97 Å². The number of hydrogen-bond donors (Lipinski definition) is 0. The van der Waals surface area contributed by atoms with Crippen molar-refractivity contribution in [2.75, 3.05) is 14.2 Å². The first-order valence-electron chi connectivity index (χ1n) is 4.57. The van der Waals surface area contributed by atoms with Gasteiger partial charge in [0.1, 0.15) is 0 Å². The number of nitrogens with zero attached hydrogens (tertiary/aromatic N) is 1. The molecule has 94 valence electrons. The molecule has 1 aromatic heterocycles. The predicted molar refractivity (Wildman–Crippen MR) is 56.5 cm³/mol. The number of esters is 1. The summed E-state index contributed by atoms with van der Waals surface area (Å²) in [6, 6.07) is 0. The Bertz CT molecular complexity index is 426. The van der Waals surface area contributed by atoms with Crippen LogP contribution in [0.4, 0.5) is 8.78 Å². The standard InChI is InChI=1S/C10H10ClF2NO3/c1-16-7(15)3-5-6(11)4-14-10(17-2)8(5)9(12)13/h4,9H,3H2,1-2H3. The van der Waals surface area contributed by atoms with E-state index < -0.39 is 18.0 Å². The summed E-state index contributed by atoms with van der Waals surface area (Å²) in [6.45, 7) is 0. The molecular formula is C10H10ClF2NO3. The third-order valence-electron chi connectivity index (χ3n) is 2.10. The Hall–Kier alpha value is -1.43. The molecule has 0 saturated carbocycles. The summed E-state index contributed by atoms with van der Waals surface area (Å²) in [5.74, 6) is -0.912. The second kappa shape index (κ2) is 5.77. The molecule has 0 radical (unpaired) electrons. The van der Waals surface area contributed by atoms with Crippen LogP contribution in [0.3, 0.4) is 0 Å². The van der Waals surface area contributed by atoms with Gasteiger partial charge in [-0.3, -0.25) is 4.79 Å². The zero-order valence-electron chi connectivity index (χ0n) is 9.17. The average molecular weight is 266 g/mol. The Morgan fingerprint density at radius 1 is 1.53 bits per heavy atom. The average Bonchev–Trinajstić information content (AvgIpc) is 2.30. The summed E-state index contributed by atoms with van der Waals surface area (Å²) in [4.78, 5) is 14.7. The third kappa shape index (κ3) is 3.03. The van der Waals surface area contributed by atoms with E-state index in [2.05, 4.69) is 9.72 Å². The maximum atomic E-state index is 12.9. The van der Waals surface area contributed by atoms with Gasteiger partial charge in [0.15, 0.2) is 0 Å². The summed E-state index contributed by atoms with van der Waals surface area (Å²) in [5.41, 5.74) is -0.509. The van der Waals surface area contributed by atoms with Gasteiger partial charge in [0.2, 0.25) is 5.88 Å². The van der Waals surface area contributed by atoms with Gasteiger partial charge in [-0.15, -0.1) is 0 Å². The Kier molecular flexibility index (Phi) is 4.62. The number of halogens is 3. The molecule has 0 amide bonds. The highest BCUT2D eigenvalue weighted by Crippen LogP contribution is 2.34. The number of hydrogen-bond acceptors (Lipinski definition) is 4. The fourth-order valence-corrected chi connectivity index (χ4v) is 1.52. The molecule has 0 aliphatic heterocycles. The van der Waals surface area contributed by atoms with Crippen LogP contribution in [0, 0.1) is 0 Å². The molecule has 0 aliphatic rings. The van der Waals surface area contributed by atoms with E-state index in [1.165, 1.54) is 7.11 Å². The maximum Gasteiger partial charge on any atom is 0.310 e. The van der Waals surface area contributed by atoms with Crippen molar-refractivity contribution in [1.82, 2.24) is 4.98 Å². The van der Waals surface area contributed by atoms with Crippen molar-refractivity contribution >= 4 is 17.6 Å². The fraction of sp³-hybridized carbons (Fsp3) is 0.400. The summed E-state index contributed by atoms with van der Waals surface area (Å²) in [5, 5.41) is -0.0218. The molecule has 4 nitrogen and oxygen atoms in total. The second-order valence-electron chi connectivity index (χ2n) is 3.06. The lowest BCUT2D eigenvalue weighted by Crippen LogP contribution is -2.10. The molecule has 0 aromatic carbocycles. The van der Waals surface area contributed by atoms with E-state index in [0.717, 1.165) is 13.3 Å². The van der Waals surface area contributed by atoms with Gasteiger partial charge in [0.25, 0.3) is 6.43 Å². The first-order chi connectivity index (χ1) is 8.01. The van der Waals surface area contributed by atoms with Crippen LogP contribution >= 0.6 is 11.6 Å². The molecule has 1 aromatic rings. The molecule has 0 aliphatic carbocycles. The highest BCUT2D eigenvalue weighted by Gasteiger charge is 2.24. The van der Waals surface area contributed by atoms with Crippen LogP contribution in [0.25, 0.3) is 0 Å². The van der Waals surface area contributed by atoms with Gasteiger partial charge in [-0.1, -0.05) is 11.6 Å². The Labute approximate surface area is 101 Å². The lowest BCUT2D eigenvalue weighted by molar-refractivity contribution is -0.139. The Morgan fingerprint density at radius 2 is 2.18 bits per heavy atom. The topological polar surface area (TPSA) is 48.4 Å². The minimum atomic E-state index is -2.84. The van der Waals surface area contributed by atoms with Gasteiger partial charge in [-0.2, -0.15) is 0 Å². The van der Waals surface area contributed by atoms with Crippen molar-refractivity contribution in [3.05, 3.63) is 22.3 Å². The van der Waals surface area contributed by atoms with Crippen LogP contribution in [0.15, 0.2) is 6.20 Å². The van der Waals surface area contributed by atoms with E-state index in [1.54, 1.807) is 0 Å². The van der Waals surface area contributed by atoms with Crippen LogP contribution < -0.4 is 4.74 Å². The number of aromatic nitrogens is 1. The van der Waals surface area contributed by atoms with Gasteiger partial charge in [-0.25, -0.2) is 13.8 Å². The molecule has 0 spiro atoms. The fourth-order valence-electron chi connectivity index (χ4n) is 1.30. The lowest BCUT2D eigenvalue weighted by atomic mass is 10.1. The summed E-state index contributed by atoms with van der Waals surface area (Å²) in [7, 11) is 2.38. The molecule has 0 saturated heterocycles. The zero-order valence-corrected chi connectivity index (χ0v) is 9.92. The largest absolute Gasteiger partial charge is 0.481 e. The molecule has 0 bridgehead atoms. The first kappa shape index (κ1) is 13.6. The van der Waals surface area contributed by atoms with Crippen LogP contribution in [-0.4, -0.2) is 25.2 Å². The number of pyridine rings is 1. The first-order valence-corrected chi connectivity index (χ1v) is 4.95. The molecule has 17 heavy (non-hydrogen) atoms. The zero-order chi connectivity index (χ0) is 13.0. The minimum Gasteiger partial charge on any atom is -0.481 e. The van der Waals surface area contributed by atoms with Crippen molar-refractivity contribution < 1.29 is 23.0 Å². The van der Waals surface area contributed by atoms with E-state index in [1.807, 2.05) is 0 Å². The van der Waals surface area contributed by atoms with E-state index in [-0.39, 0.29) is 22.9 Å². The quantitative estimate of drug-likeness (QED) is 0.785. The molecule has 0 atom stereocenters. The number of alkyl halides is 2. The molecule has 0 unspecified atom stereocenters. The van der Waals surface area contributed by atoms with Crippen LogP contribution in [0.5, 0.6) is 5.88 Å². The number of methoxy groups -OCH3 is 2. The van der Waals surface area contributed by atoms with E-state index >= 15 is 0 Å². The van der Waals surface area contributed by atoms with Crippen LogP contribution in [0.1, 0.15) is 17.6 Å². The molecule has 1 heterocycles. The van der Waals surface area contributed by atoms with Crippen LogP contribution in [-0.2, 0) is 16.0 Å². The highest BCUT2D eigenvalue weighted by molar-refractivity contribution is 6.31. The molecule has 0 N–H and O–H groups in total. The van der Waals surface area contributed by atoms with E-state index in [0.29, 0.717) is 0 Å². The number of carbonyl (C=O) groups excluding carboxylic acids is 1. The van der Waals surface area contributed by atoms with E-state index in [9.17, 15) is 13.6 Å². The molecule has 7 heteroatoms. The smallest absolute Gasteiger partial charge is 0.310 e. The molecule has 1 rings (SSSR count).